The number of hydrogen-bond donors (Lipinski definition) is 0. The van der Waals surface area contributed by atoms with Crippen LogP contribution in [0.5, 0.6) is 0 Å². The van der Waals surface area contributed by atoms with Crippen LogP contribution in [0.1, 0.15) is 40.2 Å². The molecule has 0 saturated carbocycles. The fraction of sp³-hybridized carbons (Fsp3) is 0.212. The number of ketones is 1. The van der Waals surface area contributed by atoms with Gasteiger partial charge in [0.05, 0.1) is 11.6 Å². The molecule has 1 amide bonds. The Morgan fingerprint density at radius 1 is 0.757 bits per heavy atom. The van der Waals surface area contributed by atoms with E-state index in [0.29, 0.717) is 5.56 Å². The number of nitrogens with zero attached hydrogens (tertiary/aromatic N) is 2. The van der Waals surface area contributed by atoms with Crippen molar-refractivity contribution in [3.05, 3.63) is 132 Å². The summed E-state index contributed by atoms with van der Waals surface area (Å²) in [6, 6.07) is 38.0. The van der Waals surface area contributed by atoms with E-state index >= 15 is 0 Å². The lowest BCUT2D eigenvalue weighted by molar-refractivity contribution is -0.129. The largest absolute Gasteiger partial charge is 0.294 e. The number of amides is 1. The standard InChI is InChI=1S/C33H28N2O2/c36-31(24-15-6-2-7-16-24)30-29(23-13-4-1-5-14-23)28-21-12-22-34(28)33(30)26-19-10-11-20-27(26)35(32(33)37)25-17-8-3-9-18-25/h1-11,13-20,28-30H,12,21-22H2/t28-,29-,30-,33+/m0/s1. The average molecular weight is 485 g/mol. The highest BCUT2D eigenvalue weighted by Gasteiger charge is 2.70. The fourth-order valence-corrected chi connectivity index (χ4v) is 7.29. The van der Waals surface area contributed by atoms with Crippen molar-refractivity contribution in [3.8, 4) is 0 Å². The number of anilines is 2. The molecule has 0 radical (unpaired) electrons. The van der Waals surface area contributed by atoms with E-state index in [4.69, 9.17) is 0 Å². The van der Waals surface area contributed by atoms with Gasteiger partial charge in [0.2, 0.25) is 0 Å². The van der Waals surface area contributed by atoms with Gasteiger partial charge in [-0.2, -0.15) is 0 Å². The summed E-state index contributed by atoms with van der Waals surface area (Å²) in [7, 11) is 0. The highest BCUT2D eigenvalue weighted by atomic mass is 16.2. The molecular weight excluding hydrogens is 456 g/mol. The summed E-state index contributed by atoms with van der Waals surface area (Å²) in [5.74, 6) is -0.587. The lowest BCUT2D eigenvalue weighted by Crippen LogP contribution is -2.54. The summed E-state index contributed by atoms with van der Waals surface area (Å²) < 4.78 is 0. The third kappa shape index (κ3) is 3.06. The molecule has 1 spiro atoms. The first-order valence-electron chi connectivity index (χ1n) is 13.1. The van der Waals surface area contributed by atoms with Gasteiger partial charge in [-0.25, -0.2) is 0 Å². The van der Waals surface area contributed by atoms with Gasteiger partial charge in [-0.15, -0.1) is 0 Å². The van der Waals surface area contributed by atoms with Gasteiger partial charge in [-0.3, -0.25) is 19.4 Å². The third-order valence-corrected chi connectivity index (χ3v) is 8.60. The highest BCUT2D eigenvalue weighted by molar-refractivity contribution is 6.17. The molecule has 3 aliphatic rings. The highest BCUT2D eigenvalue weighted by Crippen LogP contribution is 2.63. The fourth-order valence-electron chi connectivity index (χ4n) is 7.29. The molecule has 4 atom stereocenters. The van der Waals surface area contributed by atoms with Crippen LogP contribution >= 0.6 is 0 Å². The molecule has 4 aromatic rings. The number of hydrogen-bond acceptors (Lipinski definition) is 3. The predicted octanol–water partition coefficient (Wildman–Crippen LogP) is 6.32. The number of Topliss-reactive ketones (excluding diaryl/α,β-unsaturated/α-hetero) is 1. The molecule has 2 saturated heterocycles. The number of carbonyl (C=O) groups is 2. The molecule has 0 aliphatic carbocycles. The van der Waals surface area contributed by atoms with E-state index in [2.05, 4.69) is 23.1 Å². The van der Waals surface area contributed by atoms with E-state index < -0.39 is 11.5 Å². The monoisotopic (exact) mass is 484 g/mol. The Morgan fingerprint density at radius 3 is 2.11 bits per heavy atom. The SMILES string of the molecule is O=C(c1ccccc1)[C@@H]1[C@@H](c2ccccc2)[C@@H]2CCCN2[C@@]12C(=O)N(c1ccccc1)c1ccccc12. The zero-order valence-electron chi connectivity index (χ0n) is 20.5. The number of fused-ring (bicyclic) bond motifs is 4. The Morgan fingerprint density at radius 2 is 1.38 bits per heavy atom. The number of carbonyl (C=O) groups excluding carboxylic acids is 2. The Balaban J connectivity index is 1.51. The summed E-state index contributed by atoms with van der Waals surface area (Å²) in [6.45, 7) is 0.801. The maximum absolute atomic E-state index is 15.0. The average Bonchev–Trinajstić information content (AvgIpc) is 3.61. The van der Waals surface area contributed by atoms with Crippen molar-refractivity contribution in [2.75, 3.05) is 11.4 Å². The van der Waals surface area contributed by atoms with Gasteiger partial charge >= 0.3 is 0 Å². The first-order valence-corrected chi connectivity index (χ1v) is 13.1. The van der Waals surface area contributed by atoms with Crippen molar-refractivity contribution >= 4 is 23.1 Å². The Labute approximate surface area is 217 Å². The van der Waals surface area contributed by atoms with E-state index in [-0.39, 0.29) is 23.7 Å². The molecule has 0 unspecified atom stereocenters. The van der Waals surface area contributed by atoms with Gasteiger partial charge in [0.25, 0.3) is 5.91 Å². The number of para-hydroxylation sites is 2. The smallest absolute Gasteiger partial charge is 0.257 e. The molecular formula is C33H28N2O2. The Bertz CT molecular complexity index is 1470. The van der Waals surface area contributed by atoms with Crippen LogP contribution in [0.15, 0.2) is 115 Å². The molecule has 7 rings (SSSR count). The van der Waals surface area contributed by atoms with Gasteiger partial charge in [0.1, 0.15) is 5.54 Å². The molecule has 4 aromatic carbocycles. The minimum atomic E-state index is -1.05. The molecule has 4 nitrogen and oxygen atoms in total. The minimum absolute atomic E-state index is 0.0143. The van der Waals surface area contributed by atoms with E-state index in [1.165, 1.54) is 0 Å². The van der Waals surface area contributed by atoms with E-state index in [1.54, 1.807) is 0 Å². The van der Waals surface area contributed by atoms with Crippen molar-refractivity contribution in [2.24, 2.45) is 5.92 Å². The van der Waals surface area contributed by atoms with Crippen LogP contribution in [0, 0.1) is 5.92 Å². The van der Waals surface area contributed by atoms with Crippen molar-refractivity contribution in [1.29, 1.82) is 0 Å². The molecule has 182 valence electrons. The lowest BCUT2D eigenvalue weighted by Gasteiger charge is -2.37. The van der Waals surface area contributed by atoms with Gasteiger partial charge in [-0.05, 0) is 43.1 Å². The van der Waals surface area contributed by atoms with Gasteiger partial charge in [0.15, 0.2) is 5.78 Å². The molecule has 0 N–H and O–H groups in total. The zero-order chi connectivity index (χ0) is 25.0. The maximum Gasteiger partial charge on any atom is 0.257 e. The summed E-state index contributed by atoms with van der Waals surface area (Å²) in [5, 5.41) is 0. The molecule has 37 heavy (non-hydrogen) atoms. The van der Waals surface area contributed by atoms with Crippen LogP contribution in [-0.4, -0.2) is 29.2 Å². The minimum Gasteiger partial charge on any atom is -0.294 e. The predicted molar refractivity (Wildman–Crippen MR) is 145 cm³/mol. The topological polar surface area (TPSA) is 40.6 Å². The van der Waals surface area contributed by atoms with Crippen LogP contribution in [-0.2, 0) is 10.3 Å². The second-order valence-corrected chi connectivity index (χ2v) is 10.3. The normalized spacial score (nSPS) is 26.4. The molecule has 4 heteroatoms. The number of benzene rings is 4. The second-order valence-electron chi connectivity index (χ2n) is 10.3. The van der Waals surface area contributed by atoms with E-state index in [9.17, 15) is 9.59 Å². The zero-order valence-corrected chi connectivity index (χ0v) is 20.5. The molecule has 0 bridgehead atoms. The first kappa shape index (κ1) is 22.2. The van der Waals surface area contributed by atoms with Crippen molar-refractivity contribution in [1.82, 2.24) is 4.90 Å². The van der Waals surface area contributed by atoms with Gasteiger partial charge < -0.3 is 0 Å². The van der Waals surface area contributed by atoms with E-state index in [0.717, 1.165) is 41.9 Å². The summed E-state index contributed by atoms with van der Waals surface area (Å²) in [5.41, 5.74) is 3.40. The van der Waals surface area contributed by atoms with Crippen LogP contribution < -0.4 is 4.90 Å². The van der Waals surface area contributed by atoms with Crippen LogP contribution in [0.3, 0.4) is 0 Å². The summed E-state index contributed by atoms with van der Waals surface area (Å²) in [6.07, 6.45) is 1.99. The van der Waals surface area contributed by atoms with Crippen LogP contribution in [0.4, 0.5) is 11.4 Å². The van der Waals surface area contributed by atoms with Gasteiger partial charge in [0, 0.05) is 28.8 Å². The van der Waals surface area contributed by atoms with Crippen LogP contribution in [0.25, 0.3) is 0 Å². The first-order chi connectivity index (χ1) is 18.2. The second kappa shape index (κ2) is 8.53. The van der Waals surface area contributed by atoms with Crippen LogP contribution in [0.2, 0.25) is 0 Å². The number of rotatable bonds is 4. The van der Waals surface area contributed by atoms with Crippen molar-refractivity contribution in [2.45, 2.75) is 30.3 Å². The summed E-state index contributed by atoms with van der Waals surface area (Å²) in [4.78, 5) is 33.8. The maximum atomic E-state index is 15.0. The molecule has 3 heterocycles. The van der Waals surface area contributed by atoms with E-state index in [1.807, 2.05) is 102 Å². The molecule has 2 fully saturated rings. The van der Waals surface area contributed by atoms with Crippen molar-refractivity contribution < 1.29 is 9.59 Å². The lowest BCUT2D eigenvalue weighted by atomic mass is 9.69. The summed E-state index contributed by atoms with van der Waals surface area (Å²) >= 11 is 0. The van der Waals surface area contributed by atoms with Gasteiger partial charge in [-0.1, -0.05) is 97.1 Å². The quantitative estimate of drug-likeness (QED) is 0.318. The molecule has 3 aliphatic heterocycles. The van der Waals surface area contributed by atoms with Crippen molar-refractivity contribution in [3.63, 3.8) is 0 Å². The third-order valence-electron chi connectivity index (χ3n) is 8.60. The Hall–Kier alpha value is -4.02. The Kier molecular flexibility index (Phi) is 5.12. The molecule has 0 aromatic heterocycles.